The van der Waals surface area contributed by atoms with Crippen molar-refractivity contribution >= 4 is 17.2 Å². The quantitative estimate of drug-likeness (QED) is 0.736. The van der Waals surface area contributed by atoms with Gasteiger partial charge in [0.15, 0.2) is 0 Å². The zero-order valence-electron chi connectivity index (χ0n) is 15.3. The lowest BCUT2D eigenvalue weighted by molar-refractivity contribution is 0.690. The number of aryl methyl sites for hydroxylation is 3. The van der Waals surface area contributed by atoms with E-state index < -0.39 is 0 Å². The second kappa shape index (κ2) is 6.33. The van der Waals surface area contributed by atoms with E-state index in [2.05, 4.69) is 48.5 Å². The molecule has 2 heterocycles. The lowest BCUT2D eigenvalue weighted by atomic mass is 10.0. The van der Waals surface area contributed by atoms with Crippen LogP contribution in [0.1, 0.15) is 16.7 Å². The van der Waals surface area contributed by atoms with E-state index in [0.717, 1.165) is 33.8 Å². The fourth-order valence-electron chi connectivity index (χ4n) is 3.68. The minimum atomic E-state index is -0.231. The van der Waals surface area contributed by atoms with Crippen LogP contribution in [-0.4, -0.2) is 16.1 Å². The largest absolute Gasteiger partial charge is 0.383 e. The van der Waals surface area contributed by atoms with Gasteiger partial charge >= 0.3 is 5.69 Å². The molecule has 2 N–H and O–H groups in total. The second-order valence-electron chi connectivity index (χ2n) is 6.83. The van der Waals surface area contributed by atoms with Crippen LogP contribution in [0, 0.1) is 20.8 Å². The third kappa shape index (κ3) is 2.86. The Morgan fingerprint density at radius 2 is 1.81 bits per heavy atom. The molecule has 0 spiro atoms. The summed E-state index contributed by atoms with van der Waals surface area (Å²) in [7, 11) is 0. The van der Waals surface area contributed by atoms with Crippen molar-refractivity contribution in [3.63, 3.8) is 0 Å². The Kier molecular flexibility index (Phi) is 3.99. The highest BCUT2D eigenvalue weighted by atomic mass is 16.1. The van der Waals surface area contributed by atoms with E-state index in [1.807, 2.05) is 30.3 Å². The molecule has 2 aromatic carbocycles. The van der Waals surface area contributed by atoms with Gasteiger partial charge in [-0.25, -0.2) is 4.79 Å². The first-order chi connectivity index (χ1) is 12.5. The molecular formula is C21H22N4O. The highest BCUT2D eigenvalue weighted by molar-refractivity contribution is 5.78. The summed E-state index contributed by atoms with van der Waals surface area (Å²) in [6.45, 7) is 7.52. The molecule has 0 saturated heterocycles. The van der Waals surface area contributed by atoms with E-state index in [4.69, 9.17) is 0 Å². The monoisotopic (exact) mass is 346 g/mol. The average Bonchev–Trinajstić information content (AvgIpc) is 2.78. The molecule has 5 nitrogen and oxygen atoms in total. The maximum atomic E-state index is 12.6. The van der Waals surface area contributed by atoms with Crippen LogP contribution < -0.4 is 16.3 Å². The predicted octanol–water partition coefficient (Wildman–Crippen LogP) is 4.00. The van der Waals surface area contributed by atoms with Crippen molar-refractivity contribution in [1.29, 1.82) is 0 Å². The minimum Gasteiger partial charge on any atom is -0.383 e. The molecule has 4 rings (SSSR count). The van der Waals surface area contributed by atoms with Gasteiger partial charge in [-0.3, -0.25) is 4.57 Å². The number of hydrogen-bond acceptors (Lipinski definition) is 4. The Bertz CT molecular complexity index is 1030. The zero-order valence-corrected chi connectivity index (χ0v) is 15.3. The Labute approximate surface area is 152 Å². The first-order valence-corrected chi connectivity index (χ1v) is 8.83. The first-order valence-electron chi connectivity index (χ1n) is 8.83. The number of hydrogen-bond donors (Lipinski definition) is 2. The highest BCUT2D eigenvalue weighted by Gasteiger charge is 2.17. The van der Waals surface area contributed by atoms with Crippen LogP contribution in [0.2, 0.25) is 0 Å². The maximum Gasteiger partial charge on any atom is 0.350 e. The maximum absolute atomic E-state index is 12.6. The number of aromatic nitrogens is 2. The number of benzene rings is 2. The van der Waals surface area contributed by atoms with Gasteiger partial charge in [-0.2, -0.15) is 4.98 Å². The molecule has 1 aromatic heterocycles. The Morgan fingerprint density at radius 3 is 2.58 bits per heavy atom. The molecule has 0 atom stereocenters. The van der Waals surface area contributed by atoms with Gasteiger partial charge in [0.05, 0.1) is 5.69 Å². The molecule has 0 amide bonds. The number of nitrogens with zero attached hydrogens (tertiary/aromatic N) is 2. The fraction of sp³-hybridized carbons (Fsp3) is 0.238. The van der Waals surface area contributed by atoms with Crippen LogP contribution in [0.25, 0.3) is 11.3 Å². The smallest absolute Gasteiger partial charge is 0.350 e. The molecule has 0 saturated carbocycles. The van der Waals surface area contributed by atoms with Gasteiger partial charge in [0.2, 0.25) is 0 Å². The molecule has 3 aromatic rings. The van der Waals surface area contributed by atoms with Gasteiger partial charge in [-0.05, 0) is 38.0 Å². The van der Waals surface area contributed by atoms with E-state index in [0.29, 0.717) is 18.9 Å². The topological polar surface area (TPSA) is 59.0 Å². The molecule has 0 bridgehead atoms. The van der Waals surface area contributed by atoms with Gasteiger partial charge in [-0.1, -0.05) is 35.9 Å². The summed E-state index contributed by atoms with van der Waals surface area (Å²) in [5, 5.41) is 6.75. The SMILES string of the molecule is Cc1cc(C)c(Nc2cc3n(c(=O)n2)CCNc2ccccc2-3)c(C)c1. The van der Waals surface area contributed by atoms with Crippen molar-refractivity contribution in [3.8, 4) is 11.3 Å². The van der Waals surface area contributed by atoms with Gasteiger partial charge in [0, 0.05) is 36.1 Å². The number of para-hydroxylation sites is 1. The summed E-state index contributed by atoms with van der Waals surface area (Å²) in [5.41, 5.74) is 7.22. The third-order valence-corrected chi connectivity index (χ3v) is 4.80. The summed E-state index contributed by atoms with van der Waals surface area (Å²) in [5.74, 6) is 0.577. The zero-order chi connectivity index (χ0) is 18.3. The number of rotatable bonds is 2. The standard InChI is InChI=1S/C21H22N4O/c1-13-10-14(2)20(15(3)11-13)23-19-12-18-16-6-4-5-7-17(16)22-8-9-25(18)21(26)24-19/h4-7,10-12,22H,8-9H2,1-3H3,(H,23,24,26). The number of fused-ring (bicyclic) bond motifs is 3. The van der Waals surface area contributed by atoms with E-state index >= 15 is 0 Å². The van der Waals surface area contributed by atoms with Crippen LogP contribution >= 0.6 is 0 Å². The molecule has 0 fully saturated rings. The van der Waals surface area contributed by atoms with Crippen molar-refractivity contribution in [3.05, 3.63) is 69.6 Å². The highest BCUT2D eigenvalue weighted by Crippen LogP contribution is 2.31. The summed E-state index contributed by atoms with van der Waals surface area (Å²) < 4.78 is 1.73. The summed E-state index contributed by atoms with van der Waals surface area (Å²) in [6.07, 6.45) is 0. The van der Waals surface area contributed by atoms with E-state index in [9.17, 15) is 4.79 Å². The Balaban J connectivity index is 1.84. The summed E-state index contributed by atoms with van der Waals surface area (Å²) in [6, 6.07) is 14.3. The fourth-order valence-corrected chi connectivity index (χ4v) is 3.68. The van der Waals surface area contributed by atoms with Crippen LogP contribution in [0.15, 0.2) is 47.3 Å². The molecular weight excluding hydrogens is 324 g/mol. The molecule has 0 unspecified atom stereocenters. The van der Waals surface area contributed by atoms with E-state index in [1.54, 1.807) is 4.57 Å². The van der Waals surface area contributed by atoms with Crippen LogP contribution in [-0.2, 0) is 6.54 Å². The Hall–Kier alpha value is -3.08. The molecule has 26 heavy (non-hydrogen) atoms. The average molecular weight is 346 g/mol. The molecule has 0 radical (unpaired) electrons. The molecule has 1 aliphatic rings. The molecule has 0 aliphatic carbocycles. The van der Waals surface area contributed by atoms with E-state index in [-0.39, 0.29) is 5.69 Å². The van der Waals surface area contributed by atoms with Gasteiger partial charge in [0.25, 0.3) is 0 Å². The van der Waals surface area contributed by atoms with Crippen molar-refractivity contribution < 1.29 is 0 Å². The lowest BCUT2D eigenvalue weighted by Crippen LogP contribution is -2.26. The van der Waals surface area contributed by atoms with Gasteiger partial charge in [0.1, 0.15) is 5.82 Å². The van der Waals surface area contributed by atoms with E-state index in [1.165, 1.54) is 5.56 Å². The van der Waals surface area contributed by atoms with Crippen LogP contribution in [0.5, 0.6) is 0 Å². The number of anilines is 3. The third-order valence-electron chi connectivity index (χ3n) is 4.80. The summed E-state index contributed by atoms with van der Waals surface area (Å²) in [4.78, 5) is 16.9. The van der Waals surface area contributed by atoms with Gasteiger partial charge < -0.3 is 10.6 Å². The lowest BCUT2D eigenvalue weighted by Gasteiger charge is -2.16. The van der Waals surface area contributed by atoms with Gasteiger partial charge in [-0.15, -0.1) is 0 Å². The van der Waals surface area contributed by atoms with Crippen molar-refractivity contribution in [1.82, 2.24) is 9.55 Å². The normalized spacial score (nSPS) is 12.6. The van der Waals surface area contributed by atoms with Crippen LogP contribution in [0.3, 0.4) is 0 Å². The number of nitrogens with one attached hydrogen (secondary N) is 2. The minimum absolute atomic E-state index is 0.231. The van der Waals surface area contributed by atoms with Crippen molar-refractivity contribution in [2.24, 2.45) is 0 Å². The Morgan fingerprint density at radius 1 is 1.08 bits per heavy atom. The molecule has 132 valence electrons. The first kappa shape index (κ1) is 16.4. The molecule has 5 heteroatoms. The second-order valence-corrected chi connectivity index (χ2v) is 6.83. The van der Waals surface area contributed by atoms with Crippen molar-refractivity contribution in [2.75, 3.05) is 17.2 Å². The predicted molar refractivity (Wildman–Crippen MR) is 106 cm³/mol. The summed E-state index contributed by atoms with van der Waals surface area (Å²) >= 11 is 0. The van der Waals surface area contributed by atoms with Crippen LogP contribution in [0.4, 0.5) is 17.2 Å². The van der Waals surface area contributed by atoms with Crippen molar-refractivity contribution in [2.45, 2.75) is 27.3 Å². The molecule has 1 aliphatic heterocycles.